The van der Waals surface area contributed by atoms with E-state index >= 15 is 0 Å². The van der Waals surface area contributed by atoms with Gasteiger partial charge in [0.1, 0.15) is 6.61 Å². The van der Waals surface area contributed by atoms with Crippen molar-refractivity contribution in [2.75, 3.05) is 25.9 Å². The molecule has 1 atom stereocenters. The summed E-state index contributed by atoms with van der Waals surface area (Å²) in [4.78, 5) is 14.7. The maximum Gasteiger partial charge on any atom is 0.231 e. The summed E-state index contributed by atoms with van der Waals surface area (Å²) in [5.74, 6) is 0.823. The molecule has 24 heavy (non-hydrogen) atoms. The third kappa shape index (κ3) is 2.76. The van der Waals surface area contributed by atoms with Gasteiger partial charge in [0.15, 0.2) is 5.65 Å². The quantitative estimate of drug-likeness (QED) is 0.771. The number of imidazole rings is 1. The third-order valence-electron chi connectivity index (χ3n) is 4.40. The molecule has 8 nitrogen and oxygen atoms in total. The Labute approximate surface area is 139 Å². The second-order valence-electron chi connectivity index (χ2n) is 6.00. The standard InChI is InChI=1S/C16H19N7O/c1-22-6-2-3-12(22)10-24-15-5-4-14-18-9-13(23(14)21-15)11-7-19-16(17)20-8-11/h4-5,7-9,12H,2-3,6,10H2,1H3,(H2,17,19,20). The largest absolute Gasteiger partial charge is 0.475 e. The zero-order valence-corrected chi connectivity index (χ0v) is 13.5. The highest BCUT2D eigenvalue weighted by atomic mass is 16.5. The van der Waals surface area contributed by atoms with Crippen LogP contribution in [0, 0.1) is 0 Å². The van der Waals surface area contributed by atoms with Crippen molar-refractivity contribution in [3.8, 4) is 17.1 Å². The van der Waals surface area contributed by atoms with Crippen molar-refractivity contribution in [3.05, 3.63) is 30.7 Å². The summed E-state index contributed by atoms with van der Waals surface area (Å²) in [5, 5.41) is 4.55. The summed E-state index contributed by atoms with van der Waals surface area (Å²) in [7, 11) is 2.13. The molecule has 0 aromatic carbocycles. The van der Waals surface area contributed by atoms with Gasteiger partial charge in [-0.2, -0.15) is 0 Å². The van der Waals surface area contributed by atoms with E-state index in [0.717, 1.165) is 29.9 Å². The molecular weight excluding hydrogens is 306 g/mol. The van der Waals surface area contributed by atoms with Gasteiger partial charge in [-0.3, -0.25) is 0 Å². The van der Waals surface area contributed by atoms with Crippen molar-refractivity contribution >= 4 is 11.6 Å². The van der Waals surface area contributed by atoms with Gasteiger partial charge >= 0.3 is 0 Å². The maximum atomic E-state index is 5.90. The van der Waals surface area contributed by atoms with Gasteiger partial charge in [0.05, 0.1) is 11.9 Å². The van der Waals surface area contributed by atoms with Gasteiger partial charge in [0.25, 0.3) is 0 Å². The second kappa shape index (κ2) is 6.04. The van der Waals surface area contributed by atoms with Crippen LogP contribution < -0.4 is 10.5 Å². The highest BCUT2D eigenvalue weighted by Crippen LogP contribution is 2.21. The highest BCUT2D eigenvalue weighted by molar-refractivity contribution is 5.61. The molecule has 4 heterocycles. The van der Waals surface area contributed by atoms with E-state index in [1.807, 2.05) is 12.1 Å². The first-order valence-corrected chi connectivity index (χ1v) is 7.96. The molecule has 3 aromatic rings. The van der Waals surface area contributed by atoms with Crippen LogP contribution in [0.25, 0.3) is 16.9 Å². The second-order valence-corrected chi connectivity index (χ2v) is 6.00. The molecule has 1 saturated heterocycles. The normalized spacial score (nSPS) is 18.3. The lowest BCUT2D eigenvalue weighted by atomic mass is 10.2. The van der Waals surface area contributed by atoms with Crippen molar-refractivity contribution in [3.63, 3.8) is 0 Å². The van der Waals surface area contributed by atoms with Crippen LogP contribution in [0.2, 0.25) is 0 Å². The molecule has 2 N–H and O–H groups in total. The summed E-state index contributed by atoms with van der Waals surface area (Å²) in [5.41, 5.74) is 7.89. The van der Waals surface area contributed by atoms with Crippen LogP contribution in [0.3, 0.4) is 0 Å². The monoisotopic (exact) mass is 325 g/mol. The number of likely N-dealkylation sites (N-methyl/N-ethyl adjacent to an activating group) is 1. The fourth-order valence-electron chi connectivity index (χ4n) is 2.97. The van der Waals surface area contributed by atoms with Crippen molar-refractivity contribution in [2.24, 2.45) is 0 Å². The summed E-state index contributed by atoms with van der Waals surface area (Å²) in [6.45, 7) is 1.77. The molecule has 0 aliphatic carbocycles. The number of likely N-dealkylation sites (tertiary alicyclic amines) is 1. The first kappa shape index (κ1) is 14.8. The molecule has 1 aliphatic rings. The fourth-order valence-corrected chi connectivity index (χ4v) is 2.97. The minimum Gasteiger partial charge on any atom is -0.475 e. The zero-order chi connectivity index (χ0) is 16.5. The minimum absolute atomic E-state index is 0.241. The molecule has 0 spiro atoms. The average Bonchev–Trinajstić information content (AvgIpc) is 3.19. The van der Waals surface area contributed by atoms with E-state index in [4.69, 9.17) is 10.5 Å². The lowest BCUT2D eigenvalue weighted by molar-refractivity contribution is 0.191. The van der Waals surface area contributed by atoms with Gasteiger partial charge in [-0.05, 0) is 32.5 Å². The highest BCUT2D eigenvalue weighted by Gasteiger charge is 2.21. The fraction of sp³-hybridized carbons (Fsp3) is 0.375. The number of aromatic nitrogens is 5. The first-order valence-electron chi connectivity index (χ1n) is 7.96. The van der Waals surface area contributed by atoms with Crippen LogP contribution in [0.4, 0.5) is 5.95 Å². The lowest BCUT2D eigenvalue weighted by Crippen LogP contribution is -2.30. The molecule has 8 heteroatoms. The lowest BCUT2D eigenvalue weighted by Gasteiger charge is -2.19. The molecule has 1 aliphatic heterocycles. The minimum atomic E-state index is 0.241. The summed E-state index contributed by atoms with van der Waals surface area (Å²) >= 11 is 0. The SMILES string of the molecule is CN1CCCC1COc1ccc2ncc(-c3cnc(N)nc3)n2n1. The third-order valence-corrected chi connectivity index (χ3v) is 4.40. The number of ether oxygens (including phenoxy) is 1. The van der Waals surface area contributed by atoms with Gasteiger partial charge < -0.3 is 15.4 Å². The average molecular weight is 325 g/mol. The smallest absolute Gasteiger partial charge is 0.231 e. The number of hydrogen-bond acceptors (Lipinski definition) is 7. The molecule has 3 aromatic heterocycles. The van der Waals surface area contributed by atoms with E-state index < -0.39 is 0 Å². The molecule has 0 amide bonds. The molecule has 1 fully saturated rings. The van der Waals surface area contributed by atoms with E-state index in [1.54, 1.807) is 23.1 Å². The Balaban J connectivity index is 1.59. The molecule has 0 bridgehead atoms. The Hall–Kier alpha value is -2.74. The predicted molar refractivity (Wildman–Crippen MR) is 89.6 cm³/mol. The number of rotatable bonds is 4. The van der Waals surface area contributed by atoms with E-state index in [2.05, 4.69) is 32.0 Å². The Bertz CT molecular complexity index is 845. The van der Waals surface area contributed by atoms with Gasteiger partial charge in [0, 0.05) is 30.1 Å². The van der Waals surface area contributed by atoms with Crippen LogP contribution in [-0.2, 0) is 0 Å². The van der Waals surface area contributed by atoms with Crippen LogP contribution in [0.5, 0.6) is 5.88 Å². The van der Waals surface area contributed by atoms with Crippen LogP contribution in [0.1, 0.15) is 12.8 Å². The zero-order valence-electron chi connectivity index (χ0n) is 13.5. The van der Waals surface area contributed by atoms with Gasteiger partial charge in [0.2, 0.25) is 11.8 Å². The van der Waals surface area contributed by atoms with Crippen molar-refractivity contribution in [1.82, 2.24) is 29.5 Å². The van der Waals surface area contributed by atoms with E-state index in [9.17, 15) is 0 Å². The van der Waals surface area contributed by atoms with Crippen molar-refractivity contribution in [1.29, 1.82) is 0 Å². The molecule has 0 saturated carbocycles. The summed E-state index contributed by atoms with van der Waals surface area (Å²) in [6.07, 6.45) is 7.45. The van der Waals surface area contributed by atoms with E-state index in [-0.39, 0.29) is 5.95 Å². The van der Waals surface area contributed by atoms with Crippen molar-refractivity contribution < 1.29 is 4.74 Å². The Morgan fingerprint density at radius 2 is 2.04 bits per heavy atom. The molecule has 124 valence electrons. The van der Waals surface area contributed by atoms with Gasteiger partial charge in [-0.1, -0.05) is 0 Å². The van der Waals surface area contributed by atoms with E-state index in [1.165, 1.54) is 6.42 Å². The topological polar surface area (TPSA) is 94.5 Å². The van der Waals surface area contributed by atoms with Crippen LogP contribution >= 0.6 is 0 Å². The number of nitrogens with zero attached hydrogens (tertiary/aromatic N) is 6. The maximum absolute atomic E-state index is 5.90. The predicted octanol–water partition coefficient (Wildman–Crippen LogP) is 1.24. The summed E-state index contributed by atoms with van der Waals surface area (Å²) < 4.78 is 7.63. The number of nitrogens with two attached hydrogens (primary N) is 1. The van der Waals surface area contributed by atoms with Gasteiger partial charge in [-0.25, -0.2) is 19.5 Å². The summed E-state index contributed by atoms with van der Waals surface area (Å²) in [6, 6.07) is 4.19. The number of nitrogen functional groups attached to an aromatic ring is 1. The molecule has 1 unspecified atom stereocenters. The molecule has 4 rings (SSSR count). The van der Waals surface area contributed by atoms with E-state index in [0.29, 0.717) is 18.5 Å². The van der Waals surface area contributed by atoms with Crippen molar-refractivity contribution in [2.45, 2.75) is 18.9 Å². The van der Waals surface area contributed by atoms with Crippen LogP contribution in [0.15, 0.2) is 30.7 Å². The molecular formula is C16H19N7O. The number of fused-ring (bicyclic) bond motifs is 1. The van der Waals surface area contributed by atoms with Crippen LogP contribution in [-0.4, -0.2) is 55.7 Å². The molecule has 0 radical (unpaired) electrons. The number of anilines is 1. The Morgan fingerprint density at radius 3 is 2.79 bits per heavy atom. The Kier molecular flexibility index (Phi) is 3.73. The Morgan fingerprint density at radius 1 is 1.21 bits per heavy atom. The first-order chi connectivity index (χ1) is 11.7. The van der Waals surface area contributed by atoms with Gasteiger partial charge in [-0.15, -0.1) is 5.10 Å². The number of hydrogen-bond donors (Lipinski definition) is 1.